The van der Waals surface area contributed by atoms with E-state index in [1.165, 1.54) is 16.8 Å². The summed E-state index contributed by atoms with van der Waals surface area (Å²) >= 11 is 0. The van der Waals surface area contributed by atoms with Crippen LogP contribution in [0.25, 0.3) is 0 Å². The van der Waals surface area contributed by atoms with Crippen LogP contribution in [0.15, 0.2) is 12.1 Å². The molecule has 0 radical (unpaired) electrons. The molecule has 1 aliphatic rings. The summed E-state index contributed by atoms with van der Waals surface area (Å²) in [6, 6.07) is 4.93. The maximum Gasteiger partial charge on any atom is 0.124 e. The molecule has 1 aromatic carbocycles. The van der Waals surface area contributed by atoms with Crippen molar-refractivity contribution in [3.05, 3.63) is 23.3 Å². The number of hydrogen-bond acceptors (Lipinski definition) is 2. The van der Waals surface area contributed by atoms with Gasteiger partial charge in [-0.3, -0.25) is 0 Å². The third kappa shape index (κ3) is 2.16. The summed E-state index contributed by atoms with van der Waals surface area (Å²) in [5, 5.41) is 3.52. The second kappa shape index (κ2) is 4.36. The first-order valence-electron chi connectivity index (χ1n) is 6.14. The SMILES string of the molecule is CC(C)Nc1cc(C(C)C)cc2c1CCO2. The fourth-order valence-electron chi connectivity index (χ4n) is 2.09. The lowest BCUT2D eigenvalue weighted by molar-refractivity contribution is 0.356. The van der Waals surface area contributed by atoms with Crippen LogP contribution in [-0.4, -0.2) is 12.6 Å². The van der Waals surface area contributed by atoms with Gasteiger partial charge in [-0.15, -0.1) is 0 Å². The molecule has 1 aromatic rings. The molecule has 0 aromatic heterocycles. The van der Waals surface area contributed by atoms with Crippen LogP contribution in [0.4, 0.5) is 5.69 Å². The predicted molar refractivity (Wildman–Crippen MR) is 68.5 cm³/mol. The Morgan fingerprint density at radius 2 is 1.94 bits per heavy atom. The van der Waals surface area contributed by atoms with Crippen LogP contribution < -0.4 is 10.1 Å². The second-order valence-electron chi connectivity index (χ2n) is 5.10. The molecule has 0 fully saturated rings. The number of benzene rings is 1. The molecule has 0 unspecified atom stereocenters. The number of ether oxygens (including phenoxy) is 1. The minimum Gasteiger partial charge on any atom is -0.493 e. The molecule has 0 atom stereocenters. The highest BCUT2D eigenvalue weighted by Crippen LogP contribution is 2.35. The number of anilines is 1. The van der Waals surface area contributed by atoms with E-state index in [-0.39, 0.29) is 0 Å². The monoisotopic (exact) mass is 219 g/mol. The van der Waals surface area contributed by atoms with Gasteiger partial charge < -0.3 is 10.1 Å². The van der Waals surface area contributed by atoms with Crippen molar-refractivity contribution in [3.8, 4) is 5.75 Å². The summed E-state index contributed by atoms with van der Waals surface area (Å²) in [7, 11) is 0. The fraction of sp³-hybridized carbons (Fsp3) is 0.571. The van der Waals surface area contributed by atoms with Crippen LogP contribution in [0, 0.1) is 0 Å². The van der Waals surface area contributed by atoms with Crippen molar-refractivity contribution < 1.29 is 4.74 Å². The first kappa shape index (κ1) is 11.3. The Labute approximate surface area is 98.0 Å². The van der Waals surface area contributed by atoms with E-state index in [0.29, 0.717) is 12.0 Å². The Balaban J connectivity index is 2.41. The highest BCUT2D eigenvalue weighted by Gasteiger charge is 2.18. The van der Waals surface area contributed by atoms with Crippen LogP contribution in [0.2, 0.25) is 0 Å². The van der Waals surface area contributed by atoms with Gasteiger partial charge in [-0.05, 0) is 37.5 Å². The van der Waals surface area contributed by atoms with Crippen molar-refractivity contribution in [2.45, 2.75) is 46.1 Å². The van der Waals surface area contributed by atoms with E-state index in [1.54, 1.807) is 0 Å². The number of fused-ring (bicyclic) bond motifs is 1. The molecule has 1 N–H and O–H groups in total. The smallest absolute Gasteiger partial charge is 0.124 e. The quantitative estimate of drug-likeness (QED) is 0.839. The highest BCUT2D eigenvalue weighted by molar-refractivity contribution is 5.62. The Bertz CT molecular complexity index is 383. The van der Waals surface area contributed by atoms with Gasteiger partial charge in [0.25, 0.3) is 0 Å². The first-order valence-corrected chi connectivity index (χ1v) is 6.14. The lowest BCUT2D eigenvalue weighted by atomic mass is 9.98. The van der Waals surface area contributed by atoms with E-state index in [2.05, 4.69) is 45.1 Å². The zero-order valence-corrected chi connectivity index (χ0v) is 10.6. The van der Waals surface area contributed by atoms with E-state index in [9.17, 15) is 0 Å². The lowest BCUT2D eigenvalue weighted by Crippen LogP contribution is -2.11. The molecule has 0 saturated carbocycles. The molecular formula is C14H21NO. The van der Waals surface area contributed by atoms with Crippen LogP contribution in [-0.2, 0) is 6.42 Å². The molecule has 0 bridgehead atoms. The molecule has 2 nitrogen and oxygen atoms in total. The number of rotatable bonds is 3. The maximum absolute atomic E-state index is 5.67. The van der Waals surface area contributed by atoms with Gasteiger partial charge >= 0.3 is 0 Å². The van der Waals surface area contributed by atoms with E-state index in [4.69, 9.17) is 4.74 Å². The largest absolute Gasteiger partial charge is 0.493 e. The van der Waals surface area contributed by atoms with E-state index >= 15 is 0 Å². The van der Waals surface area contributed by atoms with Crippen LogP contribution in [0.5, 0.6) is 5.75 Å². The van der Waals surface area contributed by atoms with E-state index < -0.39 is 0 Å². The van der Waals surface area contributed by atoms with E-state index in [1.807, 2.05) is 0 Å². The van der Waals surface area contributed by atoms with Crippen molar-refractivity contribution in [2.75, 3.05) is 11.9 Å². The van der Waals surface area contributed by atoms with Gasteiger partial charge in [0.1, 0.15) is 5.75 Å². The zero-order chi connectivity index (χ0) is 11.7. The second-order valence-corrected chi connectivity index (χ2v) is 5.10. The minimum absolute atomic E-state index is 0.465. The molecular weight excluding hydrogens is 198 g/mol. The summed E-state index contributed by atoms with van der Waals surface area (Å²) in [6.45, 7) is 9.60. The summed E-state index contributed by atoms with van der Waals surface area (Å²) < 4.78 is 5.67. The molecule has 0 spiro atoms. The molecule has 2 rings (SSSR count). The number of hydrogen-bond donors (Lipinski definition) is 1. The topological polar surface area (TPSA) is 21.3 Å². The molecule has 1 heterocycles. The average Bonchev–Trinajstić information content (AvgIpc) is 2.64. The predicted octanol–water partition coefficient (Wildman–Crippen LogP) is 3.57. The Hall–Kier alpha value is -1.18. The minimum atomic E-state index is 0.465. The molecule has 0 amide bonds. The summed E-state index contributed by atoms with van der Waals surface area (Å²) in [4.78, 5) is 0. The molecule has 16 heavy (non-hydrogen) atoms. The van der Waals surface area contributed by atoms with Crippen molar-refractivity contribution in [2.24, 2.45) is 0 Å². The van der Waals surface area contributed by atoms with Gasteiger partial charge in [0, 0.05) is 23.7 Å². The van der Waals surface area contributed by atoms with Crippen LogP contribution >= 0.6 is 0 Å². The standard InChI is InChI=1S/C14H21NO/c1-9(2)11-7-13(15-10(3)4)12-5-6-16-14(12)8-11/h7-10,15H,5-6H2,1-4H3. The highest BCUT2D eigenvalue weighted by atomic mass is 16.5. The van der Waals surface area contributed by atoms with Crippen LogP contribution in [0.3, 0.4) is 0 Å². The molecule has 0 saturated heterocycles. The Morgan fingerprint density at radius 3 is 2.56 bits per heavy atom. The molecule has 2 heteroatoms. The summed E-state index contributed by atoms with van der Waals surface area (Å²) in [5.41, 5.74) is 3.95. The summed E-state index contributed by atoms with van der Waals surface area (Å²) in [5.74, 6) is 1.62. The molecule has 88 valence electrons. The van der Waals surface area contributed by atoms with Gasteiger partial charge in [-0.25, -0.2) is 0 Å². The van der Waals surface area contributed by atoms with Gasteiger partial charge in [0.2, 0.25) is 0 Å². The van der Waals surface area contributed by atoms with Gasteiger partial charge in [0.15, 0.2) is 0 Å². The summed E-state index contributed by atoms with van der Waals surface area (Å²) in [6.07, 6.45) is 1.03. The third-order valence-electron chi connectivity index (χ3n) is 2.95. The van der Waals surface area contributed by atoms with Gasteiger partial charge in [-0.1, -0.05) is 13.8 Å². The lowest BCUT2D eigenvalue weighted by Gasteiger charge is -2.16. The first-order chi connectivity index (χ1) is 7.58. The third-order valence-corrected chi connectivity index (χ3v) is 2.95. The molecule has 1 aliphatic heterocycles. The van der Waals surface area contributed by atoms with Crippen molar-refractivity contribution in [1.29, 1.82) is 0 Å². The normalized spacial score (nSPS) is 14.1. The zero-order valence-electron chi connectivity index (χ0n) is 10.6. The van der Waals surface area contributed by atoms with Gasteiger partial charge in [0.05, 0.1) is 6.61 Å². The van der Waals surface area contributed by atoms with Gasteiger partial charge in [-0.2, -0.15) is 0 Å². The fourth-order valence-corrected chi connectivity index (χ4v) is 2.09. The number of nitrogens with one attached hydrogen (secondary N) is 1. The Kier molecular flexibility index (Phi) is 3.08. The molecule has 0 aliphatic carbocycles. The van der Waals surface area contributed by atoms with Crippen molar-refractivity contribution in [3.63, 3.8) is 0 Å². The Morgan fingerprint density at radius 1 is 1.19 bits per heavy atom. The van der Waals surface area contributed by atoms with Crippen molar-refractivity contribution in [1.82, 2.24) is 0 Å². The average molecular weight is 219 g/mol. The van der Waals surface area contributed by atoms with Crippen LogP contribution in [0.1, 0.15) is 44.7 Å². The maximum atomic E-state index is 5.67. The van der Waals surface area contributed by atoms with E-state index in [0.717, 1.165) is 18.8 Å². The van der Waals surface area contributed by atoms with Crippen molar-refractivity contribution >= 4 is 5.69 Å².